The summed E-state index contributed by atoms with van der Waals surface area (Å²) in [4.78, 5) is 23.8. The molecule has 0 radical (unpaired) electrons. The second-order valence-corrected chi connectivity index (χ2v) is 6.56. The van der Waals surface area contributed by atoms with Gasteiger partial charge in [0.1, 0.15) is 5.82 Å². The molecule has 3 N–H and O–H groups in total. The van der Waals surface area contributed by atoms with E-state index in [2.05, 4.69) is 10.4 Å². The first-order valence-corrected chi connectivity index (χ1v) is 8.88. The second kappa shape index (κ2) is 11.1. The minimum atomic E-state index is -0.356. The molecule has 7 nitrogen and oxygen atoms in total. The van der Waals surface area contributed by atoms with Gasteiger partial charge in [-0.1, -0.05) is 18.2 Å². The second-order valence-electron chi connectivity index (χ2n) is 6.56. The van der Waals surface area contributed by atoms with Gasteiger partial charge in [0.25, 0.3) is 0 Å². The number of aryl methyl sites for hydroxylation is 1. The number of carbonyl (C=O) groups excluding carboxylic acids is 1. The molecule has 3 rings (SSSR count). The van der Waals surface area contributed by atoms with Crippen LogP contribution in [0.25, 0.3) is 5.69 Å². The molecule has 1 aliphatic heterocycles. The van der Waals surface area contributed by atoms with Crippen LogP contribution in [0.1, 0.15) is 31.5 Å². The van der Waals surface area contributed by atoms with Crippen molar-refractivity contribution in [1.82, 2.24) is 19.7 Å². The van der Waals surface area contributed by atoms with Crippen molar-refractivity contribution in [3.8, 4) is 5.69 Å². The van der Waals surface area contributed by atoms with Crippen molar-refractivity contribution >= 4 is 30.7 Å². The van der Waals surface area contributed by atoms with E-state index in [1.165, 1.54) is 4.68 Å². The van der Waals surface area contributed by atoms with Crippen LogP contribution in [0, 0.1) is 5.92 Å². The predicted molar refractivity (Wildman–Crippen MR) is 110 cm³/mol. The lowest BCUT2D eigenvalue weighted by atomic mass is 9.94. The van der Waals surface area contributed by atoms with Gasteiger partial charge < -0.3 is 11.1 Å². The standard InChI is InChI=1S/C18H25N5O2.2ClH/c19-16(24)7-4-12-22-18(25)23(15-5-2-1-3-6-15)17(21-22)13-14-8-10-20-11-9-14;;/h1-3,5-6,14,20H,4,7-13H2,(H2,19,24);2*1H. The van der Waals surface area contributed by atoms with Gasteiger partial charge in [-0.05, 0) is 50.4 Å². The van der Waals surface area contributed by atoms with Gasteiger partial charge in [-0.25, -0.2) is 14.0 Å². The van der Waals surface area contributed by atoms with E-state index in [1.54, 1.807) is 4.57 Å². The Morgan fingerprint density at radius 3 is 2.48 bits per heavy atom. The highest BCUT2D eigenvalue weighted by molar-refractivity contribution is 5.85. The van der Waals surface area contributed by atoms with Gasteiger partial charge in [-0.15, -0.1) is 24.8 Å². The molecular weight excluding hydrogens is 389 g/mol. The smallest absolute Gasteiger partial charge is 0.350 e. The number of piperidine rings is 1. The molecule has 1 aliphatic rings. The van der Waals surface area contributed by atoms with Gasteiger partial charge in [-0.2, -0.15) is 5.10 Å². The maximum atomic E-state index is 12.8. The first-order chi connectivity index (χ1) is 12.1. The Bertz CT molecular complexity index is 770. The predicted octanol–water partition coefficient (Wildman–Crippen LogP) is 1.69. The van der Waals surface area contributed by atoms with Crippen molar-refractivity contribution in [3.63, 3.8) is 0 Å². The van der Waals surface area contributed by atoms with Gasteiger partial charge in [0.15, 0.2) is 0 Å². The molecule has 2 heterocycles. The largest absolute Gasteiger partial charge is 0.370 e. The van der Waals surface area contributed by atoms with Crippen molar-refractivity contribution in [2.24, 2.45) is 11.7 Å². The van der Waals surface area contributed by atoms with E-state index in [-0.39, 0.29) is 42.8 Å². The van der Waals surface area contributed by atoms with E-state index in [0.717, 1.165) is 43.9 Å². The fraction of sp³-hybridized carbons (Fsp3) is 0.500. The highest BCUT2D eigenvalue weighted by Crippen LogP contribution is 2.18. The summed E-state index contributed by atoms with van der Waals surface area (Å²) in [5, 5.41) is 7.94. The number of nitrogens with zero attached hydrogens (tertiary/aromatic N) is 3. The van der Waals surface area contributed by atoms with Crippen LogP contribution < -0.4 is 16.7 Å². The average molecular weight is 416 g/mol. The summed E-state index contributed by atoms with van der Waals surface area (Å²) in [5.74, 6) is 0.970. The third kappa shape index (κ3) is 6.09. The highest BCUT2D eigenvalue weighted by atomic mass is 35.5. The quantitative estimate of drug-likeness (QED) is 0.718. The number of amides is 1. The van der Waals surface area contributed by atoms with Crippen LogP contribution >= 0.6 is 24.8 Å². The summed E-state index contributed by atoms with van der Waals surface area (Å²) in [6.07, 6.45) is 3.76. The number of rotatable bonds is 7. The number of para-hydroxylation sites is 1. The fourth-order valence-electron chi connectivity index (χ4n) is 3.31. The molecule has 1 amide bonds. The first kappa shape index (κ1) is 23.2. The molecule has 0 spiro atoms. The van der Waals surface area contributed by atoms with E-state index < -0.39 is 0 Å². The number of hydrogen-bond donors (Lipinski definition) is 2. The Balaban J connectivity index is 0.00000182. The molecule has 0 unspecified atom stereocenters. The van der Waals surface area contributed by atoms with Crippen molar-refractivity contribution in [2.45, 2.75) is 38.6 Å². The van der Waals surface area contributed by atoms with Gasteiger partial charge in [0.2, 0.25) is 5.91 Å². The number of aromatic nitrogens is 3. The Labute approximate surface area is 171 Å². The number of primary amides is 1. The van der Waals surface area contributed by atoms with E-state index >= 15 is 0 Å². The molecule has 27 heavy (non-hydrogen) atoms. The molecule has 1 saturated heterocycles. The molecule has 9 heteroatoms. The molecule has 0 bridgehead atoms. The Kier molecular flexibility index (Phi) is 9.55. The van der Waals surface area contributed by atoms with Crippen LogP contribution in [0.5, 0.6) is 0 Å². The lowest BCUT2D eigenvalue weighted by molar-refractivity contribution is -0.118. The fourth-order valence-corrected chi connectivity index (χ4v) is 3.31. The Hall–Kier alpha value is -1.83. The Morgan fingerprint density at radius 1 is 1.19 bits per heavy atom. The van der Waals surface area contributed by atoms with E-state index in [9.17, 15) is 9.59 Å². The molecule has 0 atom stereocenters. The molecule has 2 aromatic rings. The lowest BCUT2D eigenvalue weighted by Gasteiger charge is -2.22. The number of halogens is 2. The zero-order chi connectivity index (χ0) is 17.6. The first-order valence-electron chi connectivity index (χ1n) is 8.88. The molecule has 1 fully saturated rings. The molecule has 0 saturated carbocycles. The maximum absolute atomic E-state index is 12.8. The zero-order valence-electron chi connectivity index (χ0n) is 15.2. The number of benzene rings is 1. The van der Waals surface area contributed by atoms with Crippen LogP contribution in [-0.2, 0) is 17.8 Å². The third-order valence-corrected chi connectivity index (χ3v) is 4.64. The third-order valence-electron chi connectivity index (χ3n) is 4.64. The van der Waals surface area contributed by atoms with E-state index in [1.807, 2.05) is 30.3 Å². The normalized spacial score (nSPS) is 14.2. The number of nitrogens with two attached hydrogens (primary N) is 1. The minimum absolute atomic E-state index is 0. The maximum Gasteiger partial charge on any atom is 0.350 e. The van der Waals surface area contributed by atoms with Crippen LogP contribution in [0.4, 0.5) is 0 Å². The van der Waals surface area contributed by atoms with Crippen molar-refractivity contribution in [1.29, 1.82) is 0 Å². The molecule has 1 aromatic heterocycles. The lowest BCUT2D eigenvalue weighted by Crippen LogP contribution is -2.29. The van der Waals surface area contributed by atoms with Gasteiger partial charge in [0, 0.05) is 19.4 Å². The summed E-state index contributed by atoms with van der Waals surface area (Å²) in [6, 6.07) is 9.60. The minimum Gasteiger partial charge on any atom is -0.370 e. The van der Waals surface area contributed by atoms with Crippen molar-refractivity contribution in [3.05, 3.63) is 46.6 Å². The van der Waals surface area contributed by atoms with Gasteiger partial charge >= 0.3 is 5.69 Å². The number of hydrogen-bond acceptors (Lipinski definition) is 4. The SMILES string of the molecule is Cl.Cl.NC(=O)CCCn1nc(CC2CCNCC2)n(-c2ccccc2)c1=O. The van der Waals surface area contributed by atoms with Crippen molar-refractivity contribution in [2.75, 3.05) is 13.1 Å². The summed E-state index contributed by atoms with van der Waals surface area (Å²) in [5.41, 5.74) is 5.86. The summed E-state index contributed by atoms with van der Waals surface area (Å²) < 4.78 is 3.17. The summed E-state index contributed by atoms with van der Waals surface area (Å²) in [7, 11) is 0. The molecule has 150 valence electrons. The average Bonchev–Trinajstić information content (AvgIpc) is 2.92. The van der Waals surface area contributed by atoms with Gasteiger partial charge in [-0.3, -0.25) is 4.79 Å². The number of carbonyl (C=O) groups is 1. The summed E-state index contributed by atoms with van der Waals surface area (Å²) in [6.45, 7) is 2.43. The van der Waals surface area contributed by atoms with Crippen LogP contribution in [0.15, 0.2) is 35.1 Å². The monoisotopic (exact) mass is 415 g/mol. The summed E-state index contributed by atoms with van der Waals surface area (Å²) >= 11 is 0. The van der Waals surface area contributed by atoms with E-state index in [4.69, 9.17) is 5.73 Å². The Morgan fingerprint density at radius 2 is 1.85 bits per heavy atom. The van der Waals surface area contributed by atoms with Crippen LogP contribution in [-0.4, -0.2) is 33.3 Å². The van der Waals surface area contributed by atoms with E-state index in [0.29, 0.717) is 18.9 Å². The zero-order valence-corrected chi connectivity index (χ0v) is 16.8. The molecule has 1 aromatic carbocycles. The molecule has 0 aliphatic carbocycles. The topological polar surface area (TPSA) is 94.9 Å². The number of nitrogens with one attached hydrogen (secondary N) is 1. The van der Waals surface area contributed by atoms with Crippen molar-refractivity contribution < 1.29 is 4.79 Å². The van der Waals surface area contributed by atoms with Crippen LogP contribution in [0.2, 0.25) is 0 Å². The van der Waals surface area contributed by atoms with Gasteiger partial charge in [0.05, 0.1) is 5.69 Å². The molecular formula is C18H27Cl2N5O2. The highest BCUT2D eigenvalue weighted by Gasteiger charge is 2.20. The van der Waals surface area contributed by atoms with Crippen LogP contribution in [0.3, 0.4) is 0 Å².